The molecule has 0 heterocycles. The van der Waals surface area contributed by atoms with Crippen LogP contribution in [0, 0.1) is 12.7 Å². The molecular weight excluding hydrogens is 448 g/mol. The second-order valence-electron chi connectivity index (χ2n) is 6.16. The van der Waals surface area contributed by atoms with E-state index in [9.17, 15) is 9.50 Å². The number of aryl methyl sites for hydroxylation is 1. The summed E-state index contributed by atoms with van der Waals surface area (Å²) in [5.74, 6) is 0.0615. The molecule has 1 atom stereocenters. The number of hydrogen-bond acceptors (Lipinski definition) is 1. The van der Waals surface area contributed by atoms with Crippen LogP contribution in [-0.4, -0.2) is 13.2 Å². The van der Waals surface area contributed by atoms with Gasteiger partial charge in [-0.15, -0.1) is 0 Å². The fourth-order valence-electron chi connectivity index (χ4n) is 1.97. The van der Waals surface area contributed by atoms with E-state index in [1.807, 2.05) is 31.2 Å². The molecule has 0 radical (unpaired) electrons. The van der Waals surface area contributed by atoms with Crippen molar-refractivity contribution < 1.29 is 30.3 Å². The number of phenolic OH excluding ortho intramolecular Hbond substituents is 1. The maximum absolute atomic E-state index is 13.9. The fourth-order valence-corrected chi connectivity index (χ4v) is 4.36. The molecule has 0 saturated carbocycles. The van der Waals surface area contributed by atoms with Crippen LogP contribution >= 0.6 is 25.6 Å². The molecule has 0 amide bonds. The van der Waals surface area contributed by atoms with Gasteiger partial charge in [-0.1, -0.05) is 57.7 Å². The van der Waals surface area contributed by atoms with Crippen LogP contribution in [-0.2, 0) is 20.8 Å². The van der Waals surface area contributed by atoms with Crippen LogP contribution in [0.25, 0.3) is 0 Å². The molecule has 0 fully saturated rings. The van der Waals surface area contributed by atoms with Gasteiger partial charge in [0.1, 0.15) is 11.6 Å². The quantitative estimate of drug-likeness (QED) is 0.523. The van der Waals surface area contributed by atoms with E-state index < -0.39 is 28.9 Å². The average Bonchev–Trinajstić information content (AvgIpc) is 2.43. The van der Waals surface area contributed by atoms with Crippen LogP contribution in [0.2, 0.25) is 19.6 Å². The summed E-state index contributed by atoms with van der Waals surface area (Å²) in [5, 5.41) is 12.8. The number of rotatable bonds is 3. The van der Waals surface area contributed by atoms with E-state index in [4.69, 9.17) is 17.0 Å². The monoisotopic (exact) mass is 466 g/mol. The molecule has 0 aliphatic carbocycles. The van der Waals surface area contributed by atoms with Crippen molar-refractivity contribution in [2.24, 2.45) is 0 Å². The summed E-state index contributed by atoms with van der Waals surface area (Å²) in [5.41, 5.74) is 0.913. The van der Waals surface area contributed by atoms with E-state index in [0.717, 1.165) is 10.9 Å². The third-order valence-corrected chi connectivity index (χ3v) is 6.64. The van der Waals surface area contributed by atoms with Crippen molar-refractivity contribution in [1.82, 2.24) is 0 Å². The zero-order valence-corrected chi connectivity index (χ0v) is 19.5. The summed E-state index contributed by atoms with van der Waals surface area (Å²) >= 11 is -0.826. The average molecular weight is 469 g/mol. The SMILES string of the molecule is Cc1ccc(Pc2cc([Si](C)(C)C)ccc2O)c(F)c1.[Cl][Zr][Cl]. The Balaban J connectivity index is 0.000000816. The van der Waals surface area contributed by atoms with Crippen LogP contribution in [0.15, 0.2) is 36.4 Å². The zero-order valence-electron chi connectivity index (χ0n) is 13.5. The van der Waals surface area contributed by atoms with Crippen LogP contribution in [0.4, 0.5) is 4.39 Å². The topological polar surface area (TPSA) is 20.2 Å². The van der Waals surface area contributed by atoms with Gasteiger partial charge >= 0.3 is 37.9 Å². The molecule has 1 unspecified atom stereocenters. The van der Waals surface area contributed by atoms with Crippen LogP contribution in [0.3, 0.4) is 0 Å². The van der Waals surface area contributed by atoms with Crippen molar-refractivity contribution in [3.8, 4) is 5.75 Å². The van der Waals surface area contributed by atoms with E-state index in [1.54, 1.807) is 12.1 Å². The van der Waals surface area contributed by atoms with Gasteiger partial charge in [0.2, 0.25) is 0 Å². The fraction of sp³-hybridized carbons (Fsp3) is 0.250. The molecule has 124 valence electrons. The van der Waals surface area contributed by atoms with E-state index in [2.05, 4.69) is 19.6 Å². The van der Waals surface area contributed by atoms with Gasteiger partial charge in [-0.2, -0.15) is 0 Å². The molecule has 1 N–H and O–H groups in total. The minimum absolute atomic E-state index is 0.143. The van der Waals surface area contributed by atoms with Gasteiger partial charge in [-0.05, 0) is 24.6 Å². The first kappa shape index (κ1) is 21.3. The Morgan fingerprint density at radius 2 is 1.65 bits per heavy atom. The Morgan fingerprint density at radius 1 is 1.04 bits per heavy atom. The first-order chi connectivity index (χ1) is 10.7. The number of phenols is 1. The van der Waals surface area contributed by atoms with Gasteiger partial charge in [-0.3, -0.25) is 0 Å². The van der Waals surface area contributed by atoms with Crippen molar-refractivity contribution in [2.45, 2.75) is 26.6 Å². The van der Waals surface area contributed by atoms with E-state index in [1.165, 1.54) is 5.19 Å². The van der Waals surface area contributed by atoms with E-state index in [0.29, 0.717) is 5.30 Å². The molecule has 0 aliphatic rings. The first-order valence-corrected chi connectivity index (χ1v) is 17.8. The summed E-state index contributed by atoms with van der Waals surface area (Å²) in [6, 6.07) is 11.0. The Kier molecular flexibility index (Phi) is 8.98. The van der Waals surface area contributed by atoms with Crippen LogP contribution < -0.4 is 15.8 Å². The van der Waals surface area contributed by atoms with Gasteiger partial charge in [0, 0.05) is 10.6 Å². The van der Waals surface area contributed by atoms with Crippen molar-refractivity contribution in [3.63, 3.8) is 0 Å². The van der Waals surface area contributed by atoms with E-state index >= 15 is 0 Å². The Morgan fingerprint density at radius 3 is 2.17 bits per heavy atom. The van der Waals surface area contributed by atoms with Crippen LogP contribution in [0.1, 0.15) is 5.56 Å². The zero-order chi connectivity index (χ0) is 17.6. The molecule has 2 rings (SSSR count). The third kappa shape index (κ3) is 6.96. The van der Waals surface area contributed by atoms with Crippen molar-refractivity contribution in [3.05, 3.63) is 47.8 Å². The Hall–Kier alpha value is 0.280. The van der Waals surface area contributed by atoms with Crippen LogP contribution in [0.5, 0.6) is 5.75 Å². The number of hydrogen-bond donors (Lipinski definition) is 1. The summed E-state index contributed by atoms with van der Waals surface area (Å²) in [6.45, 7) is 8.66. The standard InChI is InChI=1S/C16H20FOPSi.2ClH.Zr/c1-11-5-8-15(13(17)9-11)19-16-10-12(20(2,3)4)6-7-14(16)18;;;/h5-10,18-19H,1-4H3;2*1H;/q;;;+2/p-2. The summed E-state index contributed by atoms with van der Waals surface area (Å²) < 4.78 is 13.9. The third-order valence-electron chi connectivity index (χ3n) is 3.26. The van der Waals surface area contributed by atoms with Crippen molar-refractivity contribution in [2.75, 3.05) is 0 Å². The van der Waals surface area contributed by atoms with Gasteiger partial charge in [0.15, 0.2) is 0 Å². The second kappa shape index (κ2) is 9.68. The molecule has 0 saturated heterocycles. The number of halogens is 3. The van der Waals surface area contributed by atoms with Gasteiger partial charge < -0.3 is 5.11 Å². The maximum atomic E-state index is 13.9. The van der Waals surface area contributed by atoms with Crippen molar-refractivity contribution >= 4 is 49.5 Å². The predicted molar refractivity (Wildman–Crippen MR) is 102 cm³/mol. The van der Waals surface area contributed by atoms with Crippen molar-refractivity contribution in [1.29, 1.82) is 0 Å². The molecule has 7 heteroatoms. The molecule has 1 nitrogen and oxygen atoms in total. The molecular formula is C16H20Cl2FOPSiZr. The Labute approximate surface area is 159 Å². The first-order valence-electron chi connectivity index (χ1n) is 7.02. The van der Waals surface area contributed by atoms with Gasteiger partial charge in [0.05, 0.1) is 8.07 Å². The number of aromatic hydroxyl groups is 1. The summed E-state index contributed by atoms with van der Waals surface area (Å²) in [4.78, 5) is 0. The normalized spacial score (nSPS) is 11.3. The van der Waals surface area contributed by atoms with Gasteiger partial charge in [-0.25, -0.2) is 4.39 Å². The number of benzene rings is 2. The molecule has 0 bridgehead atoms. The molecule has 0 spiro atoms. The molecule has 0 aromatic heterocycles. The Bertz CT molecular complexity index is 665. The molecule has 23 heavy (non-hydrogen) atoms. The predicted octanol–water partition coefficient (Wildman–Crippen LogP) is 4.39. The minimum atomic E-state index is -1.43. The molecule has 0 aliphatic heterocycles. The molecule has 2 aromatic rings. The van der Waals surface area contributed by atoms with Gasteiger partial charge in [0.25, 0.3) is 0 Å². The summed E-state index contributed by atoms with van der Waals surface area (Å²) in [7, 11) is 8.58. The second-order valence-corrected chi connectivity index (χ2v) is 16.3. The van der Waals surface area contributed by atoms with E-state index in [-0.39, 0.29) is 20.1 Å². The summed E-state index contributed by atoms with van der Waals surface area (Å²) in [6.07, 6.45) is 0. The molecule has 2 aromatic carbocycles.